The predicted molar refractivity (Wildman–Crippen MR) is 24.0 cm³/mol. The smallest absolute Gasteiger partial charge is 0.140 e. The Morgan fingerprint density at radius 3 is 2.57 bits per heavy atom. The Labute approximate surface area is 84.0 Å². The normalized spacial score (nSPS) is 7.43. The number of nitrogens with one attached hydrogen (secondary N) is 1. The molecule has 0 aliphatic rings. The fourth-order valence-electron chi connectivity index (χ4n) is 0.267. The number of aromatic nitrogens is 2. The molecule has 35 valence electrons. The third-order valence-electron chi connectivity index (χ3n) is 0.522. The summed E-state index contributed by atoms with van der Waals surface area (Å²) in [6, 6.07) is 1.69. The summed E-state index contributed by atoms with van der Waals surface area (Å²) in [5.74, 6) is 0. The number of aromatic amines is 1. The summed E-state index contributed by atoms with van der Waals surface area (Å²) >= 11 is 0. The molecule has 0 amide bonds. The molecule has 0 aliphatic carbocycles. The van der Waals surface area contributed by atoms with Crippen LogP contribution in [0, 0.1) is 49.4 Å². The molecule has 3 radical (unpaired) electrons. The van der Waals surface area contributed by atoms with E-state index in [-0.39, 0.29) is 49.4 Å². The first-order valence-corrected chi connectivity index (χ1v) is 1.64. The van der Waals surface area contributed by atoms with Crippen LogP contribution in [0.1, 0.15) is 0 Å². The van der Waals surface area contributed by atoms with E-state index in [1.165, 1.54) is 0 Å². The van der Waals surface area contributed by atoms with Crippen molar-refractivity contribution >= 4 is 13.4 Å². The fourth-order valence-corrected chi connectivity index (χ4v) is 0.267. The molecule has 0 aromatic carbocycles. The quantitative estimate of drug-likeness (QED) is 0.581. The molecular formula is C3H3BEuN2. The molecule has 0 saturated heterocycles. The van der Waals surface area contributed by atoms with Crippen molar-refractivity contribution in [2.24, 2.45) is 0 Å². The topological polar surface area (TPSA) is 28.7 Å². The minimum Gasteiger partial charge on any atom is -0.293 e. The summed E-state index contributed by atoms with van der Waals surface area (Å²) < 4.78 is 0. The average molecular weight is 230 g/mol. The first-order valence-electron chi connectivity index (χ1n) is 1.64. The van der Waals surface area contributed by atoms with Crippen molar-refractivity contribution in [1.29, 1.82) is 0 Å². The van der Waals surface area contributed by atoms with Gasteiger partial charge in [0.05, 0.1) is 0 Å². The van der Waals surface area contributed by atoms with Crippen LogP contribution < -0.4 is 5.59 Å². The zero-order valence-electron chi connectivity index (χ0n) is 3.56. The minimum absolute atomic E-state index is 0. The van der Waals surface area contributed by atoms with Gasteiger partial charge in [0, 0.05) is 55.6 Å². The monoisotopic (exact) mass is 231 g/mol. The molecule has 1 aromatic rings. The number of nitrogens with zero attached hydrogens (tertiary/aromatic N) is 1. The predicted octanol–water partition coefficient (Wildman–Crippen LogP) is -0.797. The van der Waals surface area contributed by atoms with E-state index in [1.807, 2.05) is 0 Å². The molecular weight excluding hydrogens is 227 g/mol. The summed E-state index contributed by atoms with van der Waals surface area (Å²) in [5, 5.41) is 6.10. The van der Waals surface area contributed by atoms with E-state index in [1.54, 1.807) is 12.3 Å². The van der Waals surface area contributed by atoms with Crippen molar-refractivity contribution < 1.29 is 49.4 Å². The van der Waals surface area contributed by atoms with Gasteiger partial charge in [-0.15, -0.1) is 0 Å². The zero-order chi connectivity index (χ0) is 4.41. The van der Waals surface area contributed by atoms with Crippen LogP contribution in [0.5, 0.6) is 0 Å². The second kappa shape index (κ2) is 3.81. The number of hydrogen-bond acceptors (Lipinski definition) is 1. The maximum atomic E-state index is 5.16. The van der Waals surface area contributed by atoms with Gasteiger partial charge in [-0.25, -0.2) is 0 Å². The maximum Gasteiger partial charge on any atom is 0.140 e. The number of H-pyrrole nitrogens is 1. The van der Waals surface area contributed by atoms with E-state index >= 15 is 0 Å². The van der Waals surface area contributed by atoms with Gasteiger partial charge in [-0.1, -0.05) is 0 Å². The molecule has 0 bridgehead atoms. The van der Waals surface area contributed by atoms with Gasteiger partial charge in [-0.3, -0.25) is 5.10 Å². The molecule has 2 nitrogen and oxygen atoms in total. The molecule has 0 spiro atoms. The Morgan fingerprint density at radius 2 is 2.43 bits per heavy atom. The van der Waals surface area contributed by atoms with Crippen molar-refractivity contribution in [3.63, 3.8) is 0 Å². The third-order valence-corrected chi connectivity index (χ3v) is 0.522. The zero-order valence-corrected chi connectivity index (χ0v) is 5.98. The Balaban J connectivity index is 0.000000360. The summed E-state index contributed by atoms with van der Waals surface area (Å²) in [5.41, 5.74) is 0.606. The van der Waals surface area contributed by atoms with Gasteiger partial charge in [0.1, 0.15) is 7.85 Å². The minimum atomic E-state index is 0. The van der Waals surface area contributed by atoms with E-state index in [9.17, 15) is 0 Å². The molecule has 1 heterocycles. The van der Waals surface area contributed by atoms with Crippen molar-refractivity contribution in [3.8, 4) is 0 Å². The summed E-state index contributed by atoms with van der Waals surface area (Å²) in [7, 11) is 5.16. The maximum absolute atomic E-state index is 5.16. The van der Waals surface area contributed by atoms with E-state index in [2.05, 4.69) is 10.2 Å². The van der Waals surface area contributed by atoms with Crippen molar-refractivity contribution in [1.82, 2.24) is 10.2 Å². The third kappa shape index (κ3) is 2.62. The van der Waals surface area contributed by atoms with Crippen LogP contribution in [-0.2, 0) is 0 Å². The molecule has 0 fully saturated rings. The second-order valence-corrected chi connectivity index (χ2v) is 1.01. The van der Waals surface area contributed by atoms with Gasteiger partial charge in [0.15, 0.2) is 0 Å². The van der Waals surface area contributed by atoms with Gasteiger partial charge in [-0.2, -0.15) is 5.10 Å². The largest absolute Gasteiger partial charge is 0.293 e. The van der Waals surface area contributed by atoms with E-state index < -0.39 is 0 Å². The standard InChI is InChI=1S/C3H3BN2.Eu/c4-3-1-2-5-6-3;/h1-2H,(H,5,6);. The van der Waals surface area contributed by atoms with Crippen LogP contribution in [0.2, 0.25) is 0 Å². The van der Waals surface area contributed by atoms with Crippen LogP contribution in [0.15, 0.2) is 12.3 Å². The fraction of sp³-hybridized carbons (Fsp3) is 0. The van der Waals surface area contributed by atoms with Crippen molar-refractivity contribution in [3.05, 3.63) is 12.3 Å². The summed E-state index contributed by atoms with van der Waals surface area (Å²) in [6.07, 6.45) is 1.61. The van der Waals surface area contributed by atoms with Gasteiger partial charge in [0.2, 0.25) is 0 Å². The van der Waals surface area contributed by atoms with Gasteiger partial charge >= 0.3 is 0 Å². The van der Waals surface area contributed by atoms with Gasteiger partial charge in [0.25, 0.3) is 0 Å². The van der Waals surface area contributed by atoms with Crippen molar-refractivity contribution in [2.75, 3.05) is 0 Å². The summed E-state index contributed by atoms with van der Waals surface area (Å²) in [6.45, 7) is 0. The van der Waals surface area contributed by atoms with Crippen LogP contribution >= 0.6 is 0 Å². The number of rotatable bonds is 0. The van der Waals surface area contributed by atoms with Crippen LogP contribution in [-0.4, -0.2) is 18.0 Å². The Morgan fingerprint density at radius 1 is 1.71 bits per heavy atom. The second-order valence-electron chi connectivity index (χ2n) is 1.01. The first-order chi connectivity index (χ1) is 2.89. The van der Waals surface area contributed by atoms with Crippen LogP contribution in [0.4, 0.5) is 0 Å². The van der Waals surface area contributed by atoms with Crippen LogP contribution in [0.3, 0.4) is 0 Å². The molecule has 7 heavy (non-hydrogen) atoms. The first kappa shape index (κ1) is 7.86. The average Bonchev–Trinajstić information content (AvgIpc) is 1.86. The van der Waals surface area contributed by atoms with Crippen LogP contribution in [0.25, 0.3) is 0 Å². The molecule has 1 rings (SSSR count). The molecule has 1 aromatic heterocycles. The molecule has 0 atom stereocenters. The molecule has 0 aliphatic heterocycles. The molecule has 0 saturated carbocycles. The van der Waals surface area contributed by atoms with Crippen molar-refractivity contribution in [2.45, 2.75) is 0 Å². The van der Waals surface area contributed by atoms with E-state index in [4.69, 9.17) is 7.85 Å². The Bertz CT molecular complexity index is 116. The van der Waals surface area contributed by atoms with E-state index in [0.29, 0.717) is 5.59 Å². The molecule has 0 unspecified atom stereocenters. The van der Waals surface area contributed by atoms with Gasteiger partial charge < -0.3 is 0 Å². The van der Waals surface area contributed by atoms with E-state index in [0.717, 1.165) is 0 Å². The number of hydrogen-bond donors (Lipinski definition) is 1. The molecule has 1 N–H and O–H groups in total. The Hall–Kier alpha value is 0.859. The molecule has 4 heteroatoms. The summed E-state index contributed by atoms with van der Waals surface area (Å²) in [4.78, 5) is 0. The Kier molecular flexibility index (Phi) is 4.28. The SMILES string of the molecule is [B]c1ccn[nH]1.[Eu]. The van der Waals surface area contributed by atoms with Gasteiger partial charge in [-0.05, 0) is 11.7 Å².